The Bertz CT molecular complexity index is 1320. The van der Waals surface area contributed by atoms with Crippen molar-refractivity contribution in [1.82, 2.24) is 15.3 Å². The number of hydrogen-bond donors (Lipinski definition) is 5. The second-order valence-corrected chi connectivity index (χ2v) is 9.27. The maximum atomic E-state index is 14.7. The first-order valence-corrected chi connectivity index (χ1v) is 11.9. The number of benzene rings is 1. The van der Waals surface area contributed by atoms with Gasteiger partial charge in [0.2, 0.25) is 0 Å². The van der Waals surface area contributed by atoms with Gasteiger partial charge in [0.15, 0.2) is 5.69 Å². The van der Waals surface area contributed by atoms with Gasteiger partial charge in [-0.3, -0.25) is 14.6 Å². The second kappa shape index (κ2) is 10.9. The lowest BCUT2D eigenvalue weighted by molar-refractivity contribution is 0.0942. The molecule has 1 aliphatic rings. The number of aliphatic hydroxyl groups excluding tert-OH is 1. The number of piperidine rings is 1. The van der Waals surface area contributed by atoms with Gasteiger partial charge in [0.05, 0.1) is 35.1 Å². The number of nitrogens with zero attached hydrogens (tertiary/aromatic N) is 3. The van der Waals surface area contributed by atoms with Crippen LogP contribution in [0, 0.1) is 5.82 Å². The highest BCUT2D eigenvalue weighted by Gasteiger charge is 2.27. The van der Waals surface area contributed by atoms with Gasteiger partial charge in [-0.1, -0.05) is 0 Å². The minimum Gasteiger partial charge on any atom is -0.397 e. The molecular weight excluding hydrogens is 477 g/mol. The van der Waals surface area contributed by atoms with Crippen molar-refractivity contribution in [3.8, 4) is 11.3 Å². The van der Waals surface area contributed by atoms with E-state index in [1.165, 1.54) is 36.5 Å². The van der Waals surface area contributed by atoms with Crippen molar-refractivity contribution < 1.29 is 19.1 Å². The number of rotatable bonds is 6. The summed E-state index contributed by atoms with van der Waals surface area (Å²) >= 11 is 0. The molecule has 0 spiro atoms. The van der Waals surface area contributed by atoms with Crippen LogP contribution in [0.5, 0.6) is 0 Å². The van der Waals surface area contributed by atoms with Gasteiger partial charge in [0, 0.05) is 42.5 Å². The molecule has 0 aliphatic carbocycles. The zero-order valence-corrected chi connectivity index (χ0v) is 20.6. The smallest absolute Gasteiger partial charge is 0.276 e. The predicted octanol–water partition coefficient (Wildman–Crippen LogP) is 2.15. The van der Waals surface area contributed by atoms with E-state index in [-0.39, 0.29) is 40.2 Å². The fourth-order valence-corrected chi connectivity index (χ4v) is 4.14. The monoisotopic (exact) mass is 507 g/mol. The van der Waals surface area contributed by atoms with E-state index in [1.807, 2.05) is 18.7 Å². The number of nitrogens with one attached hydrogen (secondary N) is 2. The molecule has 0 radical (unpaired) electrons. The number of halogens is 1. The Hall–Kier alpha value is -4.09. The summed E-state index contributed by atoms with van der Waals surface area (Å²) in [7, 11) is 0. The lowest BCUT2D eigenvalue weighted by Gasteiger charge is -2.36. The average Bonchev–Trinajstić information content (AvgIpc) is 2.86. The Morgan fingerprint density at radius 2 is 1.97 bits per heavy atom. The Morgan fingerprint density at radius 1 is 1.19 bits per heavy atom. The summed E-state index contributed by atoms with van der Waals surface area (Å²) in [6, 6.07) is 8.15. The van der Waals surface area contributed by atoms with Crippen LogP contribution in [-0.2, 0) is 0 Å². The van der Waals surface area contributed by atoms with Crippen molar-refractivity contribution in [3.05, 3.63) is 65.9 Å². The van der Waals surface area contributed by atoms with Gasteiger partial charge < -0.3 is 32.1 Å². The first-order valence-electron chi connectivity index (χ1n) is 11.9. The molecule has 2 atom stereocenters. The number of hydrogen-bond acceptors (Lipinski definition) is 8. The highest BCUT2D eigenvalue weighted by Crippen LogP contribution is 2.29. The van der Waals surface area contributed by atoms with E-state index < -0.39 is 23.9 Å². The van der Waals surface area contributed by atoms with Crippen molar-refractivity contribution in [3.63, 3.8) is 0 Å². The predicted molar refractivity (Wildman–Crippen MR) is 140 cm³/mol. The Labute approximate surface area is 213 Å². The van der Waals surface area contributed by atoms with Crippen LogP contribution >= 0.6 is 0 Å². The lowest BCUT2D eigenvalue weighted by atomic mass is 10.0. The van der Waals surface area contributed by atoms with Crippen molar-refractivity contribution in [1.29, 1.82) is 0 Å². The third-order valence-corrected chi connectivity index (χ3v) is 6.07. The second-order valence-electron chi connectivity index (χ2n) is 9.27. The molecule has 2 aromatic heterocycles. The van der Waals surface area contributed by atoms with Gasteiger partial charge in [-0.2, -0.15) is 0 Å². The summed E-state index contributed by atoms with van der Waals surface area (Å²) in [5.74, 6) is -1.55. The highest BCUT2D eigenvalue weighted by molar-refractivity contribution is 6.08. The Morgan fingerprint density at radius 3 is 2.70 bits per heavy atom. The van der Waals surface area contributed by atoms with Crippen molar-refractivity contribution in [2.75, 3.05) is 29.0 Å². The number of pyridine rings is 2. The lowest BCUT2D eigenvalue weighted by Crippen LogP contribution is -2.51. The zero-order valence-electron chi connectivity index (χ0n) is 20.6. The molecule has 4 rings (SSSR count). The molecule has 0 unspecified atom stereocenters. The molecule has 11 heteroatoms. The van der Waals surface area contributed by atoms with Crippen LogP contribution in [0.25, 0.3) is 11.3 Å². The molecule has 1 fully saturated rings. The van der Waals surface area contributed by atoms with E-state index in [2.05, 4.69) is 20.6 Å². The standard InChI is InChI=1S/C26H30FN7O3/c1-14(2)31-25(36)15-3-4-17(27)16(11-15)20-6-5-18(28)24(32-20)26(37)33-21-12-30-9-7-22(21)34-10-8-23(35)19(29)13-34/h3-7,9,11-12,14,19,23,35H,8,10,13,28-29H2,1-2H3,(H,31,36)(H,33,37)/t19-,23+/m1/s1. The Balaban J connectivity index is 1.62. The van der Waals surface area contributed by atoms with E-state index >= 15 is 0 Å². The first-order chi connectivity index (χ1) is 17.6. The van der Waals surface area contributed by atoms with E-state index in [4.69, 9.17) is 11.5 Å². The summed E-state index contributed by atoms with van der Waals surface area (Å²) in [6.07, 6.45) is 3.01. The van der Waals surface area contributed by atoms with E-state index in [0.29, 0.717) is 30.9 Å². The highest BCUT2D eigenvalue weighted by atomic mass is 19.1. The normalized spacial score (nSPS) is 17.5. The summed E-state index contributed by atoms with van der Waals surface area (Å²) in [5, 5.41) is 15.5. The summed E-state index contributed by atoms with van der Waals surface area (Å²) in [5.41, 5.74) is 13.7. The molecule has 7 N–H and O–H groups in total. The largest absolute Gasteiger partial charge is 0.397 e. The number of aromatic nitrogens is 2. The van der Waals surface area contributed by atoms with Crippen molar-refractivity contribution in [2.45, 2.75) is 38.5 Å². The molecule has 1 saturated heterocycles. The molecule has 0 bridgehead atoms. The summed E-state index contributed by atoms with van der Waals surface area (Å²) in [4.78, 5) is 36.0. The van der Waals surface area contributed by atoms with Gasteiger partial charge in [-0.25, -0.2) is 9.37 Å². The third kappa shape index (κ3) is 5.84. The van der Waals surface area contributed by atoms with Crippen LogP contribution in [0.2, 0.25) is 0 Å². The van der Waals surface area contributed by atoms with Crippen LogP contribution in [0.4, 0.5) is 21.5 Å². The molecule has 194 valence electrons. The number of nitrogen functional groups attached to an aromatic ring is 1. The van der Waals surface area contributed by atoms with Gasteiger partial charge >= 0.3 is 0 Å². The van der Waals surface area contributed by atoms with Crippen LogP contribution in [0.15, 0.2) is 48.8 Å². The minimum atomic E-state index is -0.607. The molecule has 3 heterocycles. The van der Waals surface area contributed by atoms with E-state index in [1.54, 1.807) is 12.3 Å². The molecule has 2 amide bonds. The third-order valence-electron chi connectivity index (χ3n) is 6.07. The van der Waals surface area contributed by atoms with Crippen molar-refractivity contribution >= 4 is 28.9 Å². The van der Waals surface area contributed by atoms with Crippen LogP contribution in [0.3, 0.4) is 0 Å². The molecule has 10 nitrogen and oxygen atoms in total. The molecule has 3 aromatic rings. The van der Waals surface area contributed by atoms with Gasteiger partial charge in [0.1, 0.15) is 5.82 Å². The average molecular weight is 508 g/mol. The van der Waals surface area contributed by atoms with Crippen LogP contribution in [-0.4, -0.2) is 58.2 Å². The summed E-state index contributed by atoms with van der Waals surface area (Å²) < 4.78 is 14.7. The van der Waals surface area contributed by atoms with Crippen LogP contribution < -0.4 is 27.0 Å². The quantitative estimate of drug-likeness (QED) is 0.339. The first kappa shape index (κ1) is 26.0. The number of nitrogens with two attached hydrogens (primary N) is 2. The van der Waals surface area contributed by atoms with Gasteiger partial charge in [-0.15, -0.1) is 0 Å². The fourth-order valence-electron chi connectivity index (χ4n) is 4.14. The minimum absolute atomic E-state index is 0.0633. The topological polar surface area (TPSA) is 159 Å². The molecule has 1 aromatic carbocycles. The maximum absolute atomic E-state index is 14.7. The molecule has 37 heavy (non-hydrogen) atoms. The van der Waals surface area contributed by atoms with Crippen molar-refractivity contribution in [2.24, 2.45) is 5.73 Å². The number of amides is 2. The van der Waals surface area contributed by atoms with E-state index in [9.17, 15) is 19.1 Å². The number of carbonyl (C=O) groups excluding carboxylic acids is 2. The number of carbonyl (C=O) groups is 2. The van der Waals surface area contributed by atoms with Gasteiger partial charge in [-0.05, 0) is 56.7 Å². The molecular formula is C26H30FN7O3. The number of aliphatic hydroxyl groups is 1. The maximum Gasteiger partial charge on any atom is 0.276 e. The fraction of sp³-hybridized carbons (Fsp3) is 0.308. The van der Waals surface area contributed by atoms with Gasteiger partial charge in [0.25, 0.3) is 11.8 Å². The molecule has 1 aliphatic heterocycles. The SMILES string of the molecule is CC(C)NC(=O)c1ccc(F)c(-c2ccc(N)c(C(=O)Nc3cnccc3N3CC[C@H](O)[C@H](N)C3)n2)c1. The summed E-state index contributed by atoms with van der Waals surface area (Å²) in [6.45, 7) is 4.61. The Kier molecular flexibility index (Phi) is 7.65. The van der Waals surface area contributed by atoms with Crippen LogP contribution in [0.1, 0.15) is 41.1 Å². The molecule has 0 saturated carbocycles. The number of anilines is 3. The van der Waals surface area contributed by atoms with E-state index in [0.717, 1.165) is 0 Å². The zero-order chi connectivity index (χ0) is 26.7.